The molecule has 5 N–H and O–H groups in total. The van der Waals surface area contributed by atoms with Crippen molar-refractivity contribution in [2.75, 3.05) is 39.7 Å². The van der Waals surface area contributed by atoms with Gasteiger partial charge in [-0.25, -0.2) is 57.5 Å². The molecule has 1 aliphatic rings. The molecule has 0 radical (unpaired) electrons. The number of alkyl halides is 3. The third-order valence-corrected chi connectivity index (χ3v) is 15.3. The molecule has 0 spiro atoms. The lowest BCUT2D eigenvalue weighted by atomic mass is 10.1. The first kappa shape index (κ1) is 49.0. The smallest absolute Gasteiger partial charge is 0.391 e. The molecule has 0 amide bonds. The van der Waals surface area contributed by atoms with Crippen LogP contribution in [0.3, 0.4) is 0 Å². The van der Waals surface area contributed by atoms with Gasteiger partial charge in [0.05, 0.1) is 33.1 Å². The monoisotopic (exact) mass is 873 g/mol. The van der Waals surface area contributed by atoms with E-state index in [1.807, 2.05) is 11.6 Å². The Morgan fingerprint density at radius 2 is 1.24 bits per heavy atom. The summed E-state index contributed by atoms with van der Waals surface area (Å²) in [5, 5.41) is 25.3. The molecule has 1 saturated heterocycles. The van der Waals surface area contributed by atoms with E-state index in [0.717, 1.165) is 30.9 Å². The van der Waals surface area contributed by atoms with Crippen molar-refractivity contribution in [3.8, 4) is 12.1 Å². The Kier molecular flexibility index (Phi) is 17.6. The first-order valence-electron chi connectivity index (χ1n) is 14.9. The van der Waals surface area contributed by atoms with Crippen LogP contribution in [0, 0.1) is 29.6 Å². The minimum atomic E-state index is -4.77. The Hall–Kier alpha value is -4.02. The molecule has 25 heteroatoms. The molecule has 17 nitrogen and oxygen atoms in total. The minimum Gasteiger partial charge on any atom is -0.391 e. The number of aromatic nitrogens is 1. The summed E-state index contributed by atoms with van der Waals surface area (Å²) in [5.74, 6) is 3.31. The molecule has 0 bridgehead atoms. The van der Waals surface area contributed by atoms with Gasteiger partial charge < -0.3 is 5.11 Å². The predicted molar refractivity (Wildman–Crippen MR) is 198 cm³/mol. The number of rotatable bonds is 8. The van der Waals surface area contributed by atoms with E-state index >= 15 is 0 Å². The SMILES string of the molecule is C=S1(=O)CC(O)C(S(=O)(=O)NC)C1.CNS(=O)(=O)c1ccc(C#N)c(C(F)(F)F)c1.CNS(=O)(=O)c1ccc(C#N)nc1.CNS(=O)(=O)c1ccc(C)cc1. The van der Waals surface area contributed by atoms with E-state index in [2.05, 4.69) is 25.0 Å². The maximum absolute atomic E-state index is 12.5. The summed E-state index contributed by atoms with van der Waals surface area (Å²) in [6, 6.07) is 14.8. The highest BCUT2D eigenvalue weighted by atomic mass is 32.2. The van der Waals surface area contributed by atoms with Crippen LogP contribution < -0.4 is 18.9 Å². The number of nitrogens with one attached hydrogen (secondary N) is 4. The van der Waals surface area contributed by atoms with Crippen molar-refractivity contribution < 1.29 is 56.2 Å². The lowest BCUT2D eigenvalue weighted by Crippen LogP contribution is -2.39. The molecule has 0 aliphatic carbocycles. The van der Waals surface area contributed by atoms with Crippen LogP contribution in [0.4, 0.5) is 13.2 Å². The molecular weight excluding hydrogens is 836 g/mol. The number of pyridine rings is 1. The Morgan fingerprint density at radius 1 is 0.764 bits per heavy atom. The van der Waals surface area contributed by atoms with Crippen molar-refractivity contribution >= 4 is 55.5 Å². The summed E-state index contributed by atoms with van der Waals surface area (Å²) >= 11 is 0. The second kappa shape index (κ2) is 19.7. The van der Waals surface area contributed by atoms with E-state index in [0.29, 0.717) is 11.0 Å². The molecule has 1 aromatic heterocycles. The number of nitrogens with zero attached hydrogens (tertiary/aromatic N) is 3. The van der Waals surface area contributed by atoms with E-state index in [1.54, 1.807) is 30.3 Å². The Morgan fingerprint density at radius 3 is 1.62 bits per heavy atom. The van der Waals surface area contributed by atoms with Crippen molar-refractivity contribution in [2.24, 2.45) is 0 Å². The maximum Gasteiger partial charge on any atom is 0.417 e. The molecule has 3 unspecified atom stereocenters. The van der Waals surface area contributed by atoms with Crippen molar-refractivity contribution in [3.05, 3.63) is 83.2 Å². The number of hydrogen-bond donors (Lipinski definition) is 5. The quantitative estimate of drug-likeness (QED) is 0.190. The Labute approximate surface area is 318 Å². The topological polar surface area (TPSA) is 282 Å². The predicted octanol–water partition coefficient (Wildman–Crippen LogP) is 0.245. The molecule has 3 atom stereocenters. The van der Waals surface area contributed by atoms with Crippen molar-refractivity contribution in [3.63, 3.8) is 0 Å². The summed E-state index contributed by atoms with van der Waals surface area (Å²) in [4.78, 5) is 3.45. The van der Waals surface area contributed by atoms with E-state index in [1.165, 1.54) is 39.3 Å². The van der Waals surface area contributed by atoms with Crippen LogP contribution in [-0.4, -0.2) is 105 Å². The average molecular weight is 874 g/mol. The molecule has 304 valence electrons. The highest BCUT2D eigenvalue weighted by Crippen LogP contribution is 2.33. The maximum atomic E-state index is 12.5. The van der Waals surface area contributed by atoms with Gasteiger partial charge in [-0.1, -0.05) is 17.7 Å². The summed E-state index contributed by atoms with van der Waals surface area (Å²) in [7, 11) is -11.6. The molecule has 2 aromatic carbocycles. The van der Waals surface area contributed by atoms with Gasteiger partial charge in [-0.2, -0.15) is 23.7 Å². The molecule has 4 rings (SSSR count). The molecular formula is C30H38F3N7O10S5. The number of aryl methyl sites for hydroxylation is 1. The highest BCUT2D eigenvalue weighted by Gasteiger charge is 2.41. The molecule has 0 saturated carbocycles. The molecule has 1 fully saturated rings. The number of sulfonamides is 4. The summed E-state index contributed by atoms with van der Waals surface area (Å²) in [5.41, 5.74) is -0.649. The number of nitriles is 2. The van der Waals surface area contributed by atoms with E-state index in [-0.39, 0.29) is 22.1 Å². The molecule has 1 aliphatic heterocycles. The second-order valence-corrected chi connectivity index (χ2v) is 21.3. The van der Waals surface area contributed by atoms with Gasteiger partial charge in [-0.05, 0) is 93.0 Å². The van der Waals surface area contributed by atoms with Gasteiger partial charge in [0.1, 0.15) is 21.9 Å². The first-order valence-corrected chi connectivity index (χ1v) is 23.0. The van der Waals surface area contributed by atoms with Crippen LogP contribution in [0.1, 0.15) is 22.4 Å². The van der Waals surface area contributed by atoms with Crippen LogP contribution >= 0.6 is 0 Å². The zero-order chi connectivity index (χ0) is 42.6. The van der Waals surface area contributed by atoms with E-state index < -0.39 is 83.2 Å². The summed E-state index contributed by atoms with van der Waals surface area (Å²) < 4.78 is 147. The van der Waals surface area contributed by atoms with Crippen molar-refractivity contribution in [1.29, 1.82) is 10.5 Å². The fourth-order valence-electron chi connectivity index (χ4n) is 4.04. The van der Waals surface area contributed by atoms with Crippen molar-refractivity contribution in [2.45, 2.75) is 39.1 Å². The largest absolute Gasteiger partial charge is 0.417 e. The Bertz CT molecular complexity index is 2440. The molecule has 3 aromatic rings. The van der Waals surface area contributed by atoms with Crippen molar-refractivity contribution in [1.82, 2.24) is 23.9 Å². The summed E-state index contributed by atoms with van der Waals surface area (Å²) in [6.45, 7) is 1.91. The average Bonchev–Trinajstić information content (AvgIpc) is 3.44. The first-order chi connectivity index (χ1) is 25.2. The van der Waals surface area contributed by atoms with E-state index in [9.17, 15) is 56.2 Å². The lowest BCUT2D eigenvalue weighted by Gasteiger charge is -2.12. The van der Waals surface area contributed by atoms with Gasteiger partial charge >= 0.3 is 6.18 Å². The number of hydrogen-bond acceptors (Lipinski definition) is 13. The van der Waals surface area contributed by atoms with Gasteiger partial charge in [0.15, 0.2) is 0 Å². The minimum absolute atomic E-state index is 0.0292. The highest BCUT2D eigenvalue weighted by molar-refractivity contribution is 8.02. The number of aliphatic hydroxyl groups is 1. The Balaban J connectivity index is 0.000000370. The zero-order valence-electron chi connectivity index (χ0n) is 29.7. The van der Waals surface area contributed by atoms with Gasteiger partial charge in [0.2, 0.25) is 40.1 Å². The van der Waals surface area contributed by atoms with Crippen LogP contribution in [-0.2, 0) is 55.8 Å². The van der Waals surface area contributed by atoms with Crippen LogP contribution in [0.2, 0.25) is 0 Å². The summed E-state index contributed by atoms with van der Waals surface area (Å²) in [6.07, 6.45) is -4.70. The van der Waals surface area contributed by atoms with E-state index in [4.69, 9.17) is 10.5 Å². The van der Waals surface area contributed by atoms with Gasteiger partial charge in [0, 0.05) is 17.7 Å². The number of benzene rings is 2. The van der Waals surface area contributed by atoms with Crippen LogP contribution in [0.15, 0.2) is 75.5 Å². The lowest BCUT2D eigenvalue weighted by molar-refractivity contribution is -0.137. The fourth-order valence-corrected chi connectivity index (χ4v) is 10.4. The number of aliphatic hydroxyl groups excluding tert-OH is 1. The molecule has 2 heterocycles. The standard InChI is InChI=1S/C9H7F3N2O2S.C8H11NO2S.C7H7N3O2S.C6H13NO4S2/c1-14-17(15,16)7-3-2-6(5-13)8(4-7)9(10,11)12;1-7-3-5-8(6-4-7)12(10,11)9-2;1-9-13(11,12)7-3-2-6(4-8)10-5-7;1-7-13(10,11)6-4-12(2,9)3-5(6)8/h2-4,14H,1H3;3-6,9H,1-2H3;2-3,5,9H,1H3;5-8H,2-4H2,1H3. The third-order valence-electron chi connectivity index (χ3n) is 7.08. The zero-order valence-corrected chi connectivity index (χ0v) is 33.8. The van der Waals surface area contributed by atoms with Gasteiger partial charge in [-0.15, -0.1) is 0 Å². The van der Waals surface area contributed by atoms with Crippen LogP contribution in [0.5, 0.6) is 0 Å². The number of halogens is 3. The normalized spacial score (nSPS) is 18.5. The van der Waals surface area contributed by atoms with Gasteiger partial charge in [0.25, 0.3) is 0 Å². The third kappa shape index (κ3) is 14.5. The fraction of sp³-hybridized carbons (Fsp3) is 0.333. The van der Waals surface area contributed by atoms with Gasteiger partial charge in [-0.3, -0.25) is 4.21 Å². The van der Waals surface area contributed by atoms with Crippen LogP contribution in [0.25, 0.3) is 0 Å². The molecule has 55 heavy (non-hydrogen) atoms. The second-order valence-electron chi connectivity index (χ2n) is 10.9.